The maximum atomic E-state index is 5.96. The van der Waals surface area contributed by atoms with Gasteiger partial charge in [0.15, 0.2) is 5.82 Å². The third-order valence-corrected chi connectivity index (χ3v) is 5.01. The Kier molecular flexibility index (Phi) is 4.32. The fraction of sp³-hybridized carbons (Fsp3) is 0.300. The Morgan fingerprint density at radius 1 is 1.20 bits per heavy atom. The first-order valence-corrected chi connectivity index (χ1v) is 8.94. The summed E-state index contributed by atoms with van der Waals surface area (Å²) in [5.74, 6) is 0.778. The van der Waals surface area contributed by atoms with Gasteiger partial charge in [-0.3, -0.25) is 4.90 Å². The van der Waals surface area contributed by atoms with Gasteiger partial charge in [-0.25, -0.2) is 9.97 Å². The van der Waals surface area contributed by atoms with Crippen LogP contribution in [0.2, 0.25) is 5.02 Å². The van der Waals surface area contributed by atoms with Gasteiger partial charge in [-0.15, -0.1) is 0 Å². The van der Waals surface area contributed by atoms with Crippen molar-refractivity contribution in [2.45, 2.75) is 33.4 Å². The molecule has 4 nitrogen and oxygen atoms in total. The van der Waals surface area contributed by atoms with Gasteiger partial charge >= 0.3 is 0 Å². The van der Waals surface area contributed by atoms with Crippen molar-refractivity contribution in [3.63, 3.8) is 0 Å². The van der Waals surface area contributed by atoms with Gasteiger partial charge in [0.25, 0.3) is 0 Å². The lowest BCUT2D eigenvalue weighted by molar-refractivity contribution is 0.240. The van der Waals surface area contributed by atoms with Crippen LogP contribution in [0.1, 0.15) is 28.2 Å². The van der Waals surface area contributed by atoms with Crippen molar-refractivity contribution in [1.29, 1.82) is 0 Å². The number of halogens is 1. The van der Waals surface area contributed by atoms with Gasteiger partial charge in [-0.05, 0) is 49.7 Å². The van der Waals surface area contributed by atoms with Crippen LogP contribution >= 0.6 is 11.6 Å². The molecule has 0 fully saturated rings. The number of aromatic nitrogens is 3. The molecule has 1 aliphatic rings. The lowest BCUT2D eigenvalue weighted by atomic mass is 10.1. The van der Waals surface area contributed by atoms with E-state index in [1.807, 2.05) is 30.5 Å². The quantitative estimate of drug-likeness (QED) is 0.764. The zero-order valence-corrected chi connectivity index (χ0v) is 15.3. The molecule has 0 bridgehead atoms. The Hall–Kier alpha value is -2.17. The van der Waals surface area contributed by atoms with Gasteiger partial charge in [0.1, 0.15) is 0 Å². The van der Waals surface area contributed by atoms with E-state index in [1.165, 1.54) is 22.5 Å². The maximum absolute atomic E-state index is 5.96. The minimum Gasteiger partial charge on any atom is -0.361 e. The van der Waals surface area contributed by atoms with Crippen molar-refractivity contribution < 1.29 is 0 Å². The zero-order chi connectivity index (χ0) is 17.4. The number of hydrogen-bond donors (Lipinski definition) is 1. The van der Waals surface area contributed by atoms with Crippen LogP contribution in [0.5, 0.6) is 0 Å². The van der Waals surface area contributed by atoms with Crippen molar-refractivity contribution >= 4 is 11.6 Å². The molecule has 0 aliphatic carbocycles. The van der Waals surface area contributed by atoms with Gasteiger partial charge in [0.05, 0.1) is 5.69 Å². The number of nitrogens with one attached hydrogen (secondary N) is 1. The van der Waals surface area contributed by atoms with E-state index in [9.17, 15) is 0 Å². The minimum atomic E-state index is 0.729. The Morgan fingerprint density at radius 2 is 2.00 bits per heavy atom. The Morgan fingerprint density at radius 3 is 2.72 bits per heavy atom. The molecule has 3 aromatic rings. The average molecular weight is 353 g/mol. The number of nitrogens with zero attached hydrogens (tertiary/aromatic N) is 3. The van der Waals surface area contributed by atoms with Gasteiger partial charge in [-0.2, -0.15) is 0 Å². The second kappa shape index (κ2) is 6.62. The maximum Gasteiger partial charge on any atom is 0.159 e. The summed E-state index contributed by atoms with van der Waals surface area (Å²) in [6.07, 6.45) is 2.93. The highest BCUT2D eigenvalue weighted by molar-refractivity contribution is 6.30. The van der Waals surface area contributed by atoms with Gasteiger partial charge < -0.3 is 4.98 Å². The fourth-order valence-electron chi connectivity index (χ4n) is 3.42. The number of rotatable bonds is 3. The molecule has 128 valence electrons. The van der Waals surface area contributed by atoms with Crippen molar-refractivity contribution in [1.82, 2.24) is 19.9 Å². The second-order valence-corrected chi connectivity index (χ2v) is 7.18. The van der Waals surface area contributed by atoms with E-state index in [4.69, 9.17) is 16.6 Å². The highest BCUT2D eigenvalue weighted by atomic mass is 35.5. The number of fused-ring (bicyclic) bond motifs is 1. The predicted molar refractivity (Wildman–Crippen MR) is 101 cm³/mol. The average Bonchev–Trinajstić information content (AvgIpc) is 2.92. The first-order chi connectivity index (χ1) is 12.1. The van der Waals surface area contributed by atoms with Crippen LogP contribution < -0.4 is 0 Å². The predicted octanol–water partition coefficient (Wildman–Crippen LogP) is 4.30. The first kappa shape index (κ1) is 16.3. The van der Waals surface area contributed by atoms with E-state index in [0.29, 0.717) is 0 Å². The summed E-state index contributed by atoms with van der Waals surface area (Å²) in [4.78, 5) is 15.3. The summed E-state index contributed by atoms with van der Waals surface area (Å²) < 4.78 is 0. The first-order valence-electron chi connectivity index (χ1n) is 8.56. The molecule has 25 heavy (non-hydrogen) atoms. The van der Waals surface area contributed by atoms with E-state index >= 15 is 0 Å². The highest BCUT2D eigenvalue weighted by Crippen LogP contribution is 2.23. The van der Waals surface area contributed by atoms with Crippen molar-refractivity contribution in [3.8, 4) is 11.4 Å². The van der Waals surface area contributed by atoms with Crippen LogP contribution in [-0.4, -0.2) is 26.4 Å². The van der Waals surface area contributed by atoms with E-state index in [1.54, 1.807) is 0 Å². The summed E-state index contributed by atoms with van der Waals surface area (Å²) in [6, 6.07) is 9.89. The largest absolute Gasteiger partial charge is 0.361 e. The van der Waals surface area contributed by atoms with Crippen LogP contribution in [0.4, 0.5) is 0 Å². The van der Waals surface area contributed by atoms with E-state index in [0.717, 1.165) is 48.2 Å². The number of aryl methyl sites for hydroxylation is 2. The lowest BCUT2D eigenvalue weighted by Crippen LogP contribution is -2.31. The van der Waals surface area contributed by atoms with Crippen molar-refractivity contribution in [3.05, 3.63) is 69.8 Å². The number of H-pyrrole nitrogens is 1. The third-order valence-electron chi connectivity index (χ3n) is 4.75. The van der Waals surface area contributed by atoms with E-state index in [2.05, 4.69) is 34.8 Å². The van der Waals surface area contributed by atoms with Crippen LogP contribution in [0.25, 0.3) is 11.4 Å². The van der Waals surface area contributed by atoms with Crippen LogP contribution in [0.3, 0.4) is 0 Å². The SMILES string of the molecule is Cc1cc(C)c(CN2CCc3nc(-c4ccc(Cl)cc4)ncc3C2)[nH]1. The topological polar surface area (TPSA) is 44.8 Å². The smallest absolute Gasteiger partial charge is 0.159 e. The lowest BCUT2D eigenvalue weighted by Gasteiger charge is -2.28. The Bertz CT molecular complexity index is 899. The molecule has 0 spiro atoms. The van der Waals surface area contributed by atoms with E-state index in [-0.39, 0.29) is 0 Å². The molecule has 0 saturated carbocycles. The molecular weight excluding hydrogens is 332 g/mol. The van der Waals surface area contributed by atoms with Crippen molar-refractivity contribution in [2.75, 3.05) is 6.54 Å². The molecule has 0 atom stereocenters. The fourth-order valence-corrected chi connectivity index (χ4v) is 3.55. The van der Waals surface area contributed by atoms with Gasteiger partial charge in [0, 0.05) is 59.8 Å². The molecule has 1 N–H and O–H groups in total. The summed E-state index contributed by atoms with van der Waals surface area (Å²) in [5.41, 5.74) is 7.26. The normalized spacial score (nSPS) is 14.5. The molecule has 2 aromatic heterocycles. The summed E-state index contributed by atoms with van der Waals surface area (Å²) in [7, 11) is 0. The molecule has 1 aromatic carbocycles. The van der Waals surface area contributed by atoms with Crippen LogP contribution in [0, 0.1) is 13.8 Å². The molecule has 0 unspecified atom stereocenters. The second-order valence-electron chi connectivity index (χ2n) is 6.75. The minimum absolute atomic E-state index is 0.729. The molecule has 1 aliphatic heterocycles. The molecule has 4 rings (SSSR count). The number of aromatic amines is 1. The van der Waals surface area contributed by atoms with Gasteiger partial charge in [-0.1, -0.05) is 11.6 Å². The van der Waals surface area contributed by atoms with Gasteiger partial charge in [0.2, 0.25) is 0 Å². The zero-order valence-electron chi connectivity index (χ0n) is 14.5. The molecule has 5 heteroatoms. The summed E-state index contributed by atoms with van der Waals surface area (Å²) in [5, 5.41) is 0.729. The molecule has 0 amide bonds. The third kappa shape index (κ3) is 3.46. The van der Waals surface area contributed by atoms with Crippen LogP contribution in [0.15, 0.2) is 36.5 Å². The summed E-state index contributed by atoms with van der Waals surface area (Å²) >= 11 is 5.96. The monoisotopic (exact) mass is 352 g/mol. The highest BCUT2D eigenvalue weighted by Gasteiger charge is 2.20. The molecular formula is C20H21ClN4. The Balaban J connectivity index is 1.52. The standard InChI is InChI=1S/C20H21ClN4/c1-13-9-14(2)23-19(13)12-25-8-7-18-16(11-25)10-22-20(24-18)15-3-5-17(21)6-4-15/h3-6,9-10,23H,7-8,11-12H2,1-2H3. The van der Waals surface area contributed by atoms with Crippen molar-refractivity contribution in [2.24, 2.45) is 0 Å². The Labute approximate surface area is 152 Å². The molecule has 0 radical (unpaired) electrons. The number of benzene rings is 1. The van der Waals surface area contributed by atoms with E-state index < -0.39 is 0 Å². The van der Waals surface area contributed by atoms with Crippen LogP contribution in [-0.2, 0) is 19.5 Å². The number of hydrogen-bond acceptors (Lipinski definition) is 3. The molecule has 3 heterocycles. The summed E-state index contributed by atoms with van der Waals surface area (Å²) in [6.45, 7) is 7.12. The molecule has 0 saturated heterocycles.